The van der Waals surface area contributed by atoms with E-state index in [4.69, 9.17) is 0 Å². The van der Waals surface area contributed by atoms with E-state index in [-0.39, 0.29) is 11.6 Å². The second kappa shape index (κ2) is 11.1. The van der Waals surface area contributed by atoms with Crippen molar-refractivity contribution in [2.24, 2.45) is 0 Å². The number of pyridine rings is 1. The highest BCUT2D eigenvalue weighted by Gasteiger charge is 2.32. The summed E-state index contributed by atoms with van der Waals surface area (Å²) in [5, 5.41) is 20.4. The third kappa shape index (κ3) is 6.11. The molecule has 12 heteroatoms. The molecule has 0 bridgehead atoms. The van der Waals surface area contributed by atoms with Crippen LogP contribution in [0.15, 0.2) is 60.9 Å². The van der Waals surface area contributed by atoms with Crippen LogP contribution in [0.25, 0.3) is 22.2 Å². The summed E-state index contributed by atoms with van der Waals surface area (Å²) in [6.07, 6.45) is 3.25. The highest BCUT2D eigenvalue weighted by molar-refractivity contribution is 5.96. The van der Waals surface area contributed by atoms with Crippen molar-refractivity contribution < 1.29 is 18.0 Å². The third-order valence-electron chi connectivity index (χ3n) is 7.12. The van der Waals surface area contributed by atoms with Gasteiger partial charge in [-0.25, -0.2) is 0 Å². The first-order chi connectivity index (χ1) is 19.8. The van der Waals surface area contributed by atoms with Gasteiger partial charge in [-0.15, -0.1) is 10.2 Å². The number of alkyl halides is 3. The monoisotopic (exact) mass is 560 g/mol. The van der Waals surface area contributed by atoms with Crippen molar-refractivity contribution in [3.63, 3.8) is 0 Å². The Morgan fingerprint density at radius 1 is 1.02 bits per heavy atom. The van der Waals surface area contributed by atoms with Crippen LogP contribution < -0.4 is 5.32 Å². The van der Waals surface area contributed by atoms with Crippen LogP contribution in [0.1, 0.15) is 64.7 Å². The number of amides is 1. The van der Waals surface area contributed by atoms with Gasteiger partial charge in [0.1, 0.15) is 0 Å². The van der Waals surface area contributed by atoms with Crippen molar-refractivity contribution in [2.45, 2.75) is 57.3 Å². The maximum Gasteiger partial charge on any atom is 0.416 e. The quantitative estimate of drug-likeness (QED) is 0.219. The van der Waals surface area contributed by atoms with Crippen LogP contribution in [0.5, 0.6) is 0 Å². The van der Waals surface area contributed by atoms with Crippen LogP contribution in [0, 0.1) is 0 Å². The minimum absolute atomic E-state index is 0.243. The van der Waals surface area contributed by atoms with Crippen molar-refractivity contribution in [1.82, 2.24) is 40.5 Å². The number of fused-ring (bicyclic) bond motifs is 1. The van der Waals surface area contributed by atoms with E-state index in [1.165, 1.54) is 12.1 Å². The molecule has 9 nitrogen and oxygen atoms in total. The summed E-state index contributed by atoms with van der Waals surface area (Å²) >= 11 is 0. The van der Waals surface area contributed by atoms with E-state index in [2.05, 4.69) is 35.8 Å². The Balaban J connectivity index is 1.09. The number of aromatic nitrogens is 7. The van der Waals surface area contributed by atoms with Gasteiger partial charge in [0.2, 0.25) is 0 Å². The first kappa shape index (κ1) is 26.6. The van der Waals surface area contributed by atoms with E-state index >= 15 is 0 Å². The SMILES string of the molecule is O=C(NCc1ccccn1)c1cn(CCCCc2cc3c(-c4ccc(C(F)(F)F)cc4)c(C4CC4)[nH]c3nn2)nn1. The second-order valence-electron chi connectivity index (χ2n) is 10.2. The summed E-state index contributed by atoms with van der Waals surface area (Å²) in [6.45, 7) is 0.894. The molecule has 0 radical (unpaired) electrons. The average molecular weight is 561 g/mol. The van der Waals surface area contributed by atoms with Crippen molar-refractivity contribution in [3.8, 4) is 11.1 Å². The molecule has 1 aliphatic rings. The van der Waals surface area contributed by atoms with Crippen LogP contribution in [-0.4, -0.2) is 41.1 Å². The molecule has 5 aromatic rings. The van der Waals surface area contributed by atoms with E-state index < -0.39 is 11.7 Å². The molecule has 0 atom stereocenters. The Morgan fingerprint density at radius 3 is 2.59 bits per heavy atom. The summed E-state index contributed by atoms with van der Waals surface area (Å²) in [4.78, 5) is 19.9. The first-order valence-corrected chi connectivity index (χ1v) is 13.5. The number of nitrogens with one attached hydrogen (secondary N) is 2. The molecule has 0 aliphatic heterocycles. The third-order valence-corrected chi connectivity index (χ3v) is 7.12. The molecule has 1 saturated carbocycles. The van der Waals surface area contributed by atoms with Crippen LogP contribution in [0.4, 0.5) is 13.2 Å². The highest BCUT2D eigenvalue weighted by atomic mass is 19.4. The molecular formula is C29H27F3N8O. The number of hydrogen-bond donors (Lipinski definition) is 2. The molecule has 6 rings (SSSR count). The smallest absolute Gasteiger partial charge is 0.345 e. The Kier molecular flexibility index (Phi) is 7.21. The molecule has 1 aromatic carbocycles. The predicted molar refractivity (Wildman–Crippen MR) is 145 cm³/mol. The number of carbonyl (C=O) groups is 1. The molecule has 41 heavy (non-hydrogen) atoms. The van der Waals surface area contributed by atoms with E-state index in [1.54, 1.807) is 17.1 Å². The summed E-state index contributed by atoms with van der Waals surface area (Å²) < 4.78 is 41.0. The molecule has 1 amide bonds. The van der Waals surface area contributed by atoms with Crippen LogP contribution >= 0.6 is 0 Å². The van der Waals surface area contributed by atoms with Gasteiger partial charge in [-0.3, -0.25) is 14.5 Å². The van der Waals surface area contributed by atoms with Crippen molar-refractivity contribution in [1.29, 1.82) is 0 Å². The lowest BCUT2D eigenvalue weighted by Gasteiger charge is -2.09. The Hall–Kier alpha value is -4.61. The number of H-pyrrole nitrogens is 1. The molecule has 4 aromatic heterocycles. The fourth-order valence-corrected chi connectivity index (χ4v) is 4.84. The van der Waals surface area contributed by atoms with Gasteiger partial charge in [0.25, 0.3) is 5.91 Å². The largest absolute Gasteiger partial charge is 0.416 e. The van der Waals surface area contributed by atoms with Gasteiger partial charge in [0.15, 0.2) is 11.3 Å². The summed E-state index contributed by atoms with van der Waals surface area (Å²) in [6, 6.07) is 12.8. The lowest BCUT2D eigenvalue weighted by molar-refractivity contribution is -0.137. The number of unbranched alkanes of at least 4 members (excludes halogenated alkanes) is 1. The summed E-state index contributed by atoms with van der Waals surface area (Å²) in [5.41, 5.74) is 4.43. The number of carbonyl (C=O) groups excluding carboxylic acids is 1. The molecule has 0 unspecified atom stereocenters. The zero-order valence-electron chi connectivity index (χ0n) is 22.0. The number of aryl methyl sites for hydroxylation is 2. The van der Waals surface area contributed by atoms with Crippen LogP contribution in [-0.2, 0) is 25.7 Å². The normalized spacial score (nSPS) is 13.5. The lowest BCUT2D eigenvalue weighted by atomic mass is 9.99. The van der Waals surface area contributed by atoms with E-state index in [0.717, 1.165) is 71.4 Å². The van der Waals surface area contributed by atoms with E-state index in [9.17, 15) is 18.0 Å². The minimum Gasteiger partial charge on any atom is -0.345 e. The zero-order chi connectivity index (χ0) is 28.4. The molecule has 210 valence electrons. The fraction of sp³-hybridized carbons (Fsp3) is 0.310. The van der Waals surface area contributed by atoms with Gasteiger partial charge >= 0.3 is 6.18 Å². The van der Waals surface area contributed by atoms with Gasteiger partial charge in [-0.1, -0.05) is 23.4 Å². The second-order valence-corrected chi connectivity index (χ2v) is 10.2. The lowest BCUT2D eigenvalue weighted by Crippen LogP contribution is -2.23. The van der Waals surface area contributed by atoms with Crippen molar-refractivity contribution in [3.05, 3.63) is 89.3 Å². The summed E-state index contributed by atoms with van der Waals surface area (Å²) in [5.74, 6) is 0.0426. The van der Waals surface area contributed by atoms with E-state index in [0.29, 0.717) is 31.1 Å². The van der Waals surface area contributed by atoms with Crippen molar-refractivity contribution in [2.75, 3.05) is 0 Å². The van der Waals surface area contributed by atoms with Gasteiger partial charge in [-0.05, 0) is 73.9 Å². The molecule has 1 fully saturated rings. The number of hydrogen-bond acceptors (Lipinski definition) is 6. The summed E-state index contributed by atoms with van der Waals surface area (Å²) in [7, 11) is 0. The number of benzene rings is 1. The minimum atomic E-state index is -4.38. The van der Waals surface area contributed by atoms with Gasteiger partial charge in [0.05, 0.1) is 29.7 Å². The van der Waals surface area contributed by atoms with Gasteiger partial charge in [0, 0.05) is 29.4 Å². The molecule has 4 heterocycles. The maximum atomic E-state index is 13.1. The highest BCUT2D eigenvalue weighted by Crippen LogP contribution is 2.46. The topological polar surface area (TPSA) is 114 Å². The number of rotatable bonds is 10. The first-order valence-electron chi connectivity index (χ1n) is 13.5. The fourth-order valence-electron chi connectivity index (χ4n) is 4.84. The van der Waals surface area contributed by atoms with Crippen LogP contribution in [0.3, 0.4) is 0 Å². The standard InChI is InChI=1S/C29H27F3N8O/c30-29(31,32)20-11-9-18(10-12-20)25-23-15-21(36-38-27(23)35-26(25)19-7-8-19)5-2-4-14-40-17-24(37-39-40)28(41)34-16-22-6-1-3-13-33-22/h1,3,6,9-13,15,17,19H,2,4-5,7-8,14,16H2,(H,34,41)(H,35,38). The average Bonchev–Trinajstić information content (AvgIpc) is 3.59. The molecule has 1 aliphatic carbocycles. The van der Waals surface area contributed by atoms with Gasteiger partial charge < -0.3 is 10.3 Å². The Labute approximate surface area is 233 Å². The Bertz CT molecular complexity index is 1660. The number of halogens is 3. The van der Waals surface area contributed by atoms with E-state index in [1.807, 2.05) is 24.3 Å². The van der Waals surface area contributed by atoms with Crippen molar-refractivity contribution >= 4 is 16.9 Å². The predicted octanol–water partition coefficient (Wildman–Crippen LogP) is 5.46. The molecule has 2 N–H and O–H groups in total. The molecular weight excluding hydrogens is 533 g/mol. The number of nitrogens with zero attached hydrogens (tertiary/aromatic N) is 6. The molecule has 0 saturated heterocycles. The Morgan fingerprint density at radius 2 is 1.85 bits per heavy atom. The van der Waals surface area contributed by atoms with Crippen LogP contribution in [0.2, 0.25) is 0 Å². The van der Waals surface area contributed by atoms with Gasteiger partial charge in [-0.2, -0.15) is 18.3 Å². The number of aromatic amines is 1. The molecule has 0 spiro atoms. The zero-order valence-corrected chi connectivity index (χ0v) is 22.0. The maximum absolute atomic E-state index is 13.1.